The number of aryl methyl sites for hydroxylation is 1. The molecule has 0 spiro atoms. The van der Waals surface area contributed by atoms with Crippen LogP contribution in [0.1, 0.15) is 70.8 Å². The molecular formula is C27H42N4S2. The van der Waals surface area contributed by atoms with Gasteiger partial charge < -0.3 is 9.88 Å². The molecule has 0 amide bonds. The predicted molar refractivity (Wildman–Crippen MR) is 148 cm³/mol. The molecule has 1 saturated heterocycles. The Morgan fingerprint density at radius 2 is 2.12 bits per heavy atom. The molecule has 3 rings (SSSR count). The molecule has 182 valence electrons. The van der Waals surface area contributed by atoms with Crippen molar-refractivity contribution in [2.24, 2.45) is 5.92 Å². The third-order valence-corrected chi connectivity index (χ3v) is 7.75. The molecule has 1 N–H and O–H groups in total. The quantitative estimate of drug-likeness (QED) is 0.351. The van der Waals surface area contributed by atoms with Gasteiger partial charge >= 0.3 is 0 Å². The van der Waals surface area contributed by atoms with Crippen LogP contribution >= 0.6 is 23.1 Å². The van der Waals surface area contributed by atoms with Crippen LogP contribution in [0.2, 0.25) is 0 Å². The lowest BCUT2D eigenvalue weighted by Crippen LogP contribution is -2.19. The number of thioether (sulfide) groups is 1. The second kappa shape index (κ2) is 14.6. The summed E-state index contributed by atoms with van der Waals surface area (Å²) in [6.45, 7) is 15.7. The van der Waals surface area contributed by atoms with Crippen LogP contribution in [-0.2, 0) is 6.54 Å². The monoisotopic (exact) mass is 486 g/mol. The number of imidazole rings is 1. The van der Waals surface area contributed by atoms with E-state index in [0.29, 0.717) is 0 Å². The van der Waals surface area contributed by atoms with Gasteiger partial charge in [0.05, 0.1) is 11.7 Å². The van der Waals surface area contributed by atoms with Gasteiger partial charge in [0.1, 0.15) is 0 Å². The van der Waals surface area contributed by atoms with E-state index < -0.39 is 0 Å². The number of nitrogens with one attached hydrogen (secondary N) is 1. The molecular weight excluding hydrogens is 444 g/mol. The Hall–Kier alpha value is -1.63. The van der Waals surface area contributed by atoms with Crippen LogP contribution in [0, 0.1) is 12.8 Å². The van der Waals surface area contributed by atoms with E-state index in [9.17, 15) is 0 Å². The van der Waals surface area contributed by atoms with Gasteiger partial charge in [-0.25, -0.2) is 9.97 Å². The van der Waals surface area contributed by atoms with Gasteiger partial charge in [-0.05, 0) is 56.7 Å². The number of hydrogen-bond acceptors (Lipinski definition) is 5. The van der Waals surface area contributed by atoms with Gasteiger partial charge in [0.15, 0.2) is 10.8 Å². The van der Waals surface area contributed by atoms with Crippen LogP contribution < -0.4 is 5.32 Å². The van der Waals surface area contributed by atoms with Gasteiger partial charge in [-0.2, -0.15) is 11.8 Å². The minimum absolute atomic E-state index is 0.0634. The summed E-state index contributed by atoms with van der Waals surface area (Å²) in [6, 6.07) is 0.0634. The summed E-state index contributed by atoms with van der Waals surface area (Å²) in [4.78, 5) is 9.78. The maximum atomic E-state index is 5.05. The smallest absolute Gasteiger partial charge is 0.169 e. The zero-order chi connectivity index (χ0) is 24.2. The zero-order valence-electron chi connectivity index (χ0n) is 21.4. The van der Waals surface area contributed by atoms with Crippen LogP contribution in [0.3, 0.4) is 0 Å². The Morgan fingerprint density at radius 1 is 1.36 bits per heavy atom. The fourth-order valence-corrected chi connectivity index (χ4v) is 6.13. The van der Waals surface area contributed by atoms with E-state index in [2.05, 4.69) is 74.3 Å². The highest BCUT2D eigenvalue weighted by Crippen LogP contribution is 2.33. The van der Waals surface area contributed by atoms with E-state index in [1.807, 2.05) is 25.4 Å². The number of thiazole rings is 1. The van der Waals surface area contributed by atoms with Crippen molar-refractivity contribution in [2.75, 3.05) is 18.6 Å². The van der Waals surface area contributed by atoms with Crippen LogP contribution in [0.15, 0.2) is 47.5 Å². The molecule has 1 fully saturated rings. The highest BCUT2D eigenvalue weighted by Gasteiger charge is 2.23. The second-order valence-corrected chi connectivity index (χ2v) is 10.7. The fourth-order valence-electron chi connectivity index (χ4n) is 4.01. The third-order valence-electron chi connectivity index (χ3n) is 5.66. The lowest BCUT2D eigenvalue weighted by Gasteiger charge is -2.19. The molecule has 0 aromatic carbocycles. The standard InChI is InChI=1S/C24H34N4S2.C3H8/c1-6-8-10-20(17(3)9-7-2)22(25-5)21-16-30-24(27-21)23-26-13-18(4)28(23)14-19-11-12-29-15-19;1-3-2/h6,8,10,13,16,19,22,25H,1,7,9,11-12,14-15H2,2-5H3;3H2,1-2H3/b10-8-,20-17-;. The SMILES string of the molecule is C=C/C=C\C(=C(/C)CCC)C(NC)c1csc(-c2ncc(C)n2CC2CCSC2)n1.CCC. The molecule has 0 bridgehead atoms. The van der Waals surface area contributed by atoms with Gasteiger partial charge in [0, 0.05) is 23.8 Å². The van der Waals surface area contributed by atoms with Gasteiger partial charge in [-0.1, -0.05) is 64.0 Å². The van der Waals surface area contributed by atoms with Crippen molar-refractivity contribution in [1.29, 1.82) is 0 Å². The van der Waals surface area contributed by atoms with Crippen LogP contribution in [0.5, 0.6) is 0 Å². The fraction of sp³-hybridized carbons (Fsp3) is 0.556. The Balaban J connectivity index is 0.00000122. The summed E-state index contributed by atoms with van der Waals surface area (Å²) in [7, 11) is 2.01. The number of allylic oxidation sites excluding steroid dienone is 3. The van der Waals surface area contributed by atoms with Crippen molar-refractivity contribution in [3.8, 4) is 10.8 Å². The third kappa shape index (κ3) is 7.69. The summed E-state index contributed by atoms with van der Waals surface area (Å²) in [5.41, 5.74) is 4.94. The molecule has 3 heterocycles. The molecule has 0 saturated carbocycles. The van der Waals surface area contributed by atoms with E-state index in [1.165, 1.54) is 41.2 Å². The first-order chi connectivity index (χ1) is 16.0. The summed E-state index contributed by atoms with van der Waals surface area (Å²) >= 11 is 3.76. The predicted octanol–water partition coefficient (Wildman–Crippen LogP) is 7.60. The normalized spacial score (nSPS) is 17.6. The molecule has 0 radical (unpaired) electrons. The largest absolute Gasteiger partial charge is 0.326 e. The Kier molecular flexibility index (Phi) is 12.2. The molecule has 33 heavy (non-hydrogen) atoms. The van der Waals surface area contributed by atoms with E-state index in [-0.39, 0.29) is 6.04 Å². The van der Waals surface area contributed by atoms with Crippen molar-refractivity contribution in [1.82, 2.24) is 19.9 Å². The van der Waals surface area contributed by atoms with Crippen LogP contribution in [0.4, 0.5) is 0 Å². The van der Waals surface area contributed by atoms with Crippen LogP contribution in [-0.4, -0.2) is 33.1 Å². The molecule has 1 aliphatic rings. The first-order valence-corrected chi connectivity index (χ1v) is 14.3. The maximum absolute atomic E-state index is 5.05. The number of hydrogen-bond donors (Lipinski definition) is 1. The lowest BCUT2D eigenvalue weighted by molar-refractivity contribution is 0.489. The van der Waals surface area contributed by atoms with E-state index in [0.717, 1.165) is 41.8 Å². The topological polar surface area (TPSA) is 42.7 Å². The van der Waals surface area contributed by atoms with Crippen molar-refractivity contribution >= 4 is 23.1 Å². The minimum atomic E-state index is 0.0634. The average Bonchev–Trinajstić information content (AvgIpc) is 3.55. The Labute approximate surface area is 209 Å². The van der Waals surface area contributed by atoms with Crippen molar-refractivity contribution in [2.45, 2.75) is 72.9 Å². The summed E-state index contributed by atoms with van der Waals surface area (Å²) in [5, 5.41) is 6.66. The van der Waals surface area contributed by atoms with E-state index in [4.69, 9.17) is 9.97 Å². The molecule has 1 aliphatic heterocycles. The average molecular weight is 487 g/mol. The number of rotatable bonds is 10. The zero-order valence-corrected chi connectivity index (χ0v) is 23.0. The minimum Gasteiger partial charge on any atom is -0.326 e. The molecule has 6 heteroatoms. The van der Waals surface area contributed by atoms with Crippen molar-refractivity contribution < 1.29 is 0 Å². The highest BCUT2D eigenvalue weighted by molar-refractivity contribution is 7.99. The molecule has 4 nitrogen and oxygen atoms in total. The first kappa shape index (κ1) is 27.6. The molecule has 2 aromatic heterocycles. The number of aromatic nitrogens is 3. The second-order valence-electron chi connectivity index (χ2n) is 8.65. The molecule has 0 aliphatic carbocycles. The molecule has 2 aromatic rings. The first-order valence-electron chi connectivity index (χ1n) is 12.2. The van der Waals surface area contributed by atoms with Crippen LogP contribution in [0.25, 0.3) is 10.8 Å². The summed E-state index contributed by atoms with van der Waals surface area (Å²) < 4.78 is 2.37. The summed E-state index contributed by atoms with van der Waals surface area (Å²) in [5.74, 6) is 4.28. The van der Waals surface area contributed by atoms with Gasteiger partial charge in [0.25, 0.3) is 0 Å². The maximum Gasteiger partial charge on any atom is 0.169 e. The van der Waals surface area contributed by atoms with Gasteiger partial charge in [0.2, 0.25) is 0 Å². The number of likely N-dealkylation sites (N-methyl/N-ethyl adjacent to an activating group) is 1. The van der Waals surface area contributed by atoms with Crippen molar-refractivity contribution in [3.05, 3.63) is 58.9 Å². The lowest BCUT2D eigenvalue weighted by atomic mass is 9.96. The van der Waals surface area contributed by atoms with Gasteiger partial charge in [-0.15, -0.1) is 11.3 Å². The van der Waals surface area contributed by atoms with E-state index in [1.54, 1.807) is 11.3 Å². The van der Waals surface area contributed by atoms with Crippen molar-refractivity contribution in [3.63, 3.8) is 0 Å². The Morgan fingerprint density at radius 3 is 2.73 bits per heavy atom. The van der Waals surface area contributed by atoms with E-state index >= 15 is 0 Å². The number of nitrogens with zero attached hydrogens (tertiary/aromatic N) is 3. The summed E-state index contributed by atoms with van der Waals surface area (Å²) in [6.07, 6.45) is 12.8. The molecule has 2 unspecified atom stereocenters. The van der Waals surface area contributed by atoms with Gasteiger partial charge in [-0.3, -0.25) is 0 Å². The molecule has 2 atom stereocenters. The highest BCUT2D eigenvalue weighted by atomic mass is 32.2. The Bertz CT molecular complexity index is 916.